The van der Waals surface area contributed by atoms with E-state index in [1.807, 2.05) is 0 Å². The summed E-state index contributed by atoms with van der Waals surface area (Å²) >= 11 is 0. The topological polar surface area (TPSA) is 135 Å². The number of halogens is 2. The van der Waals surface area contributed by atoms with Crippen LogP contribution < -0.4 is 0 Å². The zero-order valence-corrected chi connectivity index (χ0v) is 17.0. The Hall–Kier alpha value is -2.08. The van der Waals surface area contributed by atoms with Crippen LogP contribution in [-0.2, 0) is 20.2 Å². The van der Waals surface area contributed by atoms with Crippen LogP contribution in [0.3, 0.4) is 0 Å². The van der Waals surface area contributed by atoms with E-state index in [0.29, 0.717) is 21.9 Å². The highest BCUT2D eigenvalue weighted by Crippen LogP contribution is 2.20. The van der Waals surface area contributed by atoms with Crippen LogP contribution in [0, 0.1) is 0 Å². The Morgan fingerprint density at radius 1 is 0.607 bits per heavy atom. The van der Waals surface area contributed by atoms with Gasteiger partial charge in [-0.25, -0.2) is 0 Å². The standard InChI is InChI=1S/2C8H6O4S.2ClH/c2*9-13(10,11)7-1-2-8-6(5-7)3-4-12-8;;/h2*1-5H,(H,9,10,11);2*1H. The molecule has 2 aromatic carbocycles. The first-order valence-electron chi connectivity index (χ1n) is 7.04. The third-order valence-electron chi connectivity index (χ3n) is 3.44. The highest BCUT2D eigenvalue weighted by Gasteiger charge is 2.11. The van der Waals surface area contributed by atoms with Crippen molar-refractivity contribution in [1.29, 1.82) is 0 Å². The van der Waals surface area contributed by atoms with Gasteiger partial charge in [-0.05, 0) is 48.5 Å². The Morgan fingerprint density at radius 2 is 0.964 bits per heavy atom. The van der Waals surface area contributed by atoms with Crippen molar-refractivity contribution in [2.45, 2.75) is 9.79 Å². The van der Waals surface area contributed by atoms with E-state index in [0.717, 1.165) is 0 Å². The Morgan fingerprint density at radius 3 is 1.29 bits per heavy atom. The van der Waals surface area contributed by atoms with Crippen LogP contribution in [0.2, 0.25) is 0 Å². The Kier molecular flexibility index (Phi) is 7.66. The summed E-state index contributed by atoms with van der Waals surface area (Å²) in [6.45, 7) is 0. The van der Waals surface area contributed by atoms with Gasteiger partial charge in [0.25, 0.3) is 20.2 Å². The van der Waals surface area contributed by atoms with Gasteiger partial charge in [0.05, 0.1) is 22.3 Å². The smallest absolute Gasteiger partial charge is 0.294 e. The maximum Gasteiger partial charge on any atom is 0.294 e. The Balaban J connectivity index is 0.000000261. The van der Waals surface area contributed by atoms with E-state index in [4.69, 9.17) is 17.9 Å². The molecule has 2 aromatic heterocycles. The molecule has 0 fully saturated rings. The van der Waals surface area contributed by atoms with Gasteiger partial charge in [-0.1, -0.05) is 0 Å². The van der Waals surface area contributed by atoms with E-state index < -0.39 is 20.2 Å². The lowest BCUT2D eigenvalue weighted by Crippen LogP contribution is -1.96. The third kappa shape index (κ3) is 5.47. The minimum absolute atomic E-state index is 0. The van der Waals surface area contributed by atoms with Gasteiger partial charge in [-0.15, -0.1) is 24.8 Å². The van der Waals surface area contributed by atoms with Crippen LogP contribution in [0.15, 0.2) is 79.7 Å². The molecule has 152 valence electrons. The number of benzene rings is 2. The predicted octanol–water partition coefficient (Wildman–Crippen LogP) is 4.20. The molecule has 0 spiro atoms. The van der Waals surface area contributed by atoms with E-state index in [1.165, 1.54) is 48.9 Å². The van der Waals surface area contributed by atoms with E-state index in [-0.39, 0.29) is 34.6 Å². The van der Waals surface area contributed by atoms with Gasteiger partial charge in [0, 0.05) is 10.8 Å². The lowest BCUT2D eigenvalue weighted by molar-refractivity contribution is 0.481. The summed E-state index contributed by atoms with van der Waals surface area (Å²) in [7, 11) is -8.23. The average molecular weight is 469 g/mol. The van der Waals surface area contributed by atoms with Crippen molar-refractivity contribution >= 4 is 67.0 Å². The van der Waals surface area contributed by atoms with Gasteiger partial charge in [0.2, 0.25) is 0 Å². The molecule has 0 amide bonds. The van der Waals surface area contributed by atoms with Gasteiger partial charge in [0.1, 0.15) is 11.2 Å². The predicted molar refractivity (Wildman–Crippen MR) is 107 cm³/mol. The zero-order chi connectivity index (χ0) is 18.9. The average Bonchev–Trinajstić information content (AvgIpc) is 3.21. The highest BCUT2D eigenvalue weighted by atomic mass is 35.5. The zero-order valence-electron chi connectivity index (χ0n) is 13.8. The van der Waals surface area contributed by atoms with Crippen molar-refractivity contribution in [2.24, 2.45) is 0 Å². The molecular formula is C16H14Cl2O8S2. The Labute approximate surface area is 172 Å². The lowest BCUT2D eigenvalue weighted by atomic mass is 10.3. The molecule has 12 heteroatoms. The first kappa shape index (κ1) is 24.0. The fourth-order valence-electron chi connectivity index (χ4n) is 2.21. The molecule has 0 radical (unpaired) electrons. The molecular weight excluding hydrogens is 455 g/mol. The van der Waals surface area contributed by atoms with Crippen LogP contribution in [0.1, 0.15) is 0 Å². The first-order chi connectivity index (χ1) is 12.1. The molecule has 0 atom stereocenters. The number of hydrogen-bond acceptors (Lipinski definition) is 6. The summed E-state index contributed by atoms with van der Waals surface area (Å²) in [4.78, 5) is -0.247. The maximum atomic E-state index is 10.7. The van der Waals surface area contributed by atoms with Crippen LogP contribution >= 0.6 is 24.8 Å². The molecule has 0 saturated carbocycles. The molecule has 0 aliphatic heterocycles. The maximum absolute atomic E-state index is 10.7. The molecule has 8 nitrogen and oxygen atoms in total. The summed E-state index contributed by atoms with van der Waals surface area (Å²) in [5, 5.41) is 1.30. The molecule has 0 saturated heterocycles. The van der Waals surface area contributed by atoms with Gasteiger partial charge in [-0.2, -0.15) is 16.8 Å². The second kappa shape index (κ2) is 8.95. The highest BCUT2D eigenvalue weighted by molar-refractivity contribution is 7.86. The molecule has 0 bridgehead atoms. The molecule has 0 unspecified atom stereocenters. The lowest BCUT2D eigenvalue weighted by Gasteiger charge is -1.95. The third-order valence-corrected chi connectivity index (χ3v) is 5.14. The minimum atomic E-state index is -4.11. The molecule has 0 aliphatic carbocycles. The minimum Gasteiger partial charge on any atom is -0.464 e. The summed E-state index contributed by atoms with van der Waals surface area (Å²) in [6, 6.07) is 11.6. The number of furan rings is 2. The SMILES string of the molecule is Cl.Cl.O=S(=O)(O)c1ccc2occc2c1.O=S(=O)(O)c1ccc2occc2c1. The number of hydrogen-bond donors (Lipinski definition) is 2. The van der Waals surface area contributed by atoms with Crippen LogP contribution in [0.25, 0.3) is 21.9 Å². The molecule has 2 heterocycles. The van der Waals surface area contributed by atoms with Crippen molar-refractivity contribution in [3.05, 3.63) is 61.1 Å². The van der Waals surface area contributed by atoms with Crippen LogP contribution in [0.4, 0.5) is 0 Å². The van der Waals surface area contributed by atoms with E-state index in [2.05, 4.69) is 0 Å². The van der Waals surface area contributed by atoms with Crippen molar-refractivity contribution in [1.82, 2.24) is 0 Å². The van der Waals surface area contributed by atoms with Crippen molar-refractivity contribution in [3.8, 4) is 0 Å². The molecule has 4 rings (SSSR count). The fourth-order valence-corrected chi connectivity index (χ4v) is 3.24. The van der Waals surface area contributed by atoms with Crippen LogP contribution in [0.5, 0.6) is 0 Å². The largest absolute Gasteiger partial charge is 0.464 e. The van der Waals surface area contributed by atoms with Crippen molar-refractivity contribution < 1.29 is 34.8 Å². The first-order valence-corrected chi connectivity index (χ1v) is 9.92. The monoisotopic (exact) mass is 468 g/mol. The Bertz CT molecular complexity index is 1190. The summed E-state index contributed by atoms with van der Waals surface area (Å²) in [6.07, 6.45) is 2.91. The van der Waals surface area contributed by atoms with Crippen molar-refractivity contribution in [2.75, 3.05) is 0 Å². The van der Waals surface area contributed by atoms with Gasteiger partial charge < -0.3 is 8.83 Å². The summed E-state index contributed by atoms with van der Waals surface area (Å²) in [5.41, 5.74) is 1.18. The second-order valence-corrected chi connectivity index (χ2v) is 8.03. The molecule has 28 heavy (non-hydrogen) atoms. The van der Waals surface area contributed by atoms with E-state index in [9.17, 15) is 16.8 Å². The van der Waals surface area contributed by atoms with Gasteiger partial charge in [0.15, 0.2) is 0 Å². The van der Waals surface area contributed by atoms with Gasteiger partial charge >= 0.3 is 0 Å². The van der Waals surface area contributed by atoms with E-state index in [1.54, 1.807) is 12.1 Å². The fraction of sp³-hybridized carbons (Fsp3) is 0. The quantitative estimate of drug-likeness (QED) is 0.417. The second-order valence-electron chi connectivity index (χ2n) is 5.19. The number of rotatable bonds is 2. The van der Waals surface area contributed by atoms with Crippen molar-refractivity contribution in [3.63, 3.8) is 0 Å². The summed E-state index contributed by atoms with van der Waals surface area (Å²) < 4.78 is 70.4. The molecule has 2 N–H and O–H groups in total. The number of fused-ring (bicyclic) bond motifs is 2. The molecule has 0 aliphatic rings. The molecule has 4 aromatic rings. The van der Waals surface area contributed by atoms with E-state index >= 15 is 0 Å². The normalized spacial score (nSPS) is 11.2. The van der Waals surface area contributed by atoms with Crippen LogP contribution in [-0.4, -0.2) is 25.9 Å². The van der Waals surface area contributed by atoms with Gasteiger partial charge in [-0.3, -0.25) is 9.11 Å². The summed E-state index contributed by atoms with van der Waals surface area (Å²) in [5.74, 6) is 0.